The maximum atomic E-state index is 13.0. The van der Waals surface area contributed by atoms with Crippen LogP contribution in [-0.2, 0) is 11.3 Å². The molecule has 1 aromatic rings. The van der Waals surface area contributed by atoms with Gasteiger partial charge in [-0.2, -0.15) is 0 Å². The molecule has 1 unspecified atom stereocenters. The van der Waals surface area contributed by atoms with Gasteiger partial charge in [-0.25, -0.2) is 4.68 Å². The predicted octanol–water partition coefficient (Wildman–Crippen LogP) is 2.58. The highest BCUT2D eigenvalue weighted by molar-refractivity contribution is 5.92. The first-order valence-electron chi connectivity index (χ1n) is 8.74. The van der Waals surface area contributed by atoms with E-state index in [9.17, 15) is 4.79 Å². The molecule has 6 nitrogen and oxygen atoms in total. The lowest BCUT2D eigenvalue weighted by Crippen LogP contribution is -2.47. The second-order valence-corrected chi connectivity index (χ2v) is 6.73. The standard InChI is InChI=1S/C18H26N4O2/c1-3-8-18(9-4-2)10-6-11-22(18)17(23)16-14-21(20-19-16)13-15-7-5-12-24-15/h3-4,14-15H,1-2,5-13H2. The Balaban J connectivity index is 1.73. The van der Waals surface area contributed by atoms with Crippen molar-refractivity contribution in [3.8, 4) is 0 Å². The number of aromatic nitrogens is 3. The number of hydrogen-bond acceptors (Lipinski definition) is 4. The summed E-state index contributed by atoms with van der Waals surface area (Å²) in [7, 11) is 0. The molecule has 0 aromatic carbocycles. The summed E-state index contributed by atoms with van der Waals surface area (Å²) in [5, 5.41) is 8.21. The monoisotopic (exact) mass is 330 g/mol. The third-order valence-electron chi connectivity index (χ3n) is 5.06. The van der Waals surface area contributed by atoms with Crippen molar-refractivity contribution in [3.63, 3.8) is 0 Å². The van der Waals surface area contributed by atoms with Crippen LogP contribution in [-0.4, -0.2) is 50.6 Å². The van der Waals surface area contributed by atoms with Crippen LogP contribution in [0.1, 0.15) is 49.0 Å². The van der Waals surface area contributed by atoms with Crippen LogP contribution >= 0.6 is 0 Å². The fourth-order valence-electron chi connectivity index (χ4n) is 3.92. The Bertz CT molecular complexity index is 594. The second-order valence-electron chi connectivity index (χ2n) is 6.73. The lowest BCUT2D eigenvalue weighted by atomic mass is 9.88. The van der Waals surface area contributed by atoms with E-state index in [-0.39, 0.29) is 17.6 Å². The summed E-state index contributed by atoms with van der Waals surface area (Å²) < 4.78 is 7.34. The summed E-state index contributed by atoms with van der Waals surface area (Å²) in [6.45, 7) is 9.94. The molecule has 3 heterocycles. The number of nitrogens with zero attached hydrogens (tertiary/aromatic N) is 4. The first-order valence-corrected chi connectivity index (χ1v) is 8.74. The zero-order chi connectivity index (χ0) is 17.0. The molecule has 0 radical (unpaired) electrons. The van der Waals surface area contributed by atoms with Crippen LogP contribution in [0.2, 0.25) is 0 Å². The van der Waals surface area contributed by atoms with Crippen LogP contribution < -0.4 is 0 Å². The number of likely N-dealkylation sites (tertiary alicyclic amines) is 1. The Labute approximate surface area is 143 Å². The van der Waals surface area contributed by atoms with E-state index in [4.69, 9.17) is 4.74 Å². The smallest absolute Gasteiger partial charge is 0.276 e. The van der Waals surface area contributed by atoms with Gasteiger partial charge in [0.25, 0.3) is 5.91 Å². The van der Waals surface area contributed by atoms with Crippen LogP contribution in [0.3, 0.4) is 0 Å². The van der Waals surface area contributed by atoms with E-state index in [0.717, 1.165) is 51.7 Å². The minimum atomic E-state index is -0.209. The van der Waals surface area contributed by atoms with Crippen molar-refractivity contribution < 1.29 is 9.53 Å². The number of carbonyl (C=O) groups excluding carboxylic acids is 1. The molecule has 2 aliphatic rings. The van der Waals surface area contributed by atoms with Crippen LogP contribution in [0, 0.1) is 0 Å². The summed E-state index contributed by atoms with van der Waals surface area (Å²) in [6, 6.07) is 0. The van der Waals surface area contributed by atoms with Crippen molar-refractivity contribution in [1.82, 2.24) is 19.9 Å². The van der Waals surface area contributed by atoms with E-state index in [1.165, 1.54) is 0 Å². The molecule has 1 atom stereocenters. The van der Waals surface area contributed by atoms with E-state index in [2.05, 4.69) is 23.5 Å². The summed E-state index contributed by atoms with van der Waals surface area (Å²) in [6.07, 6.45) is 11.4. The highest BCUT2D eigenvalue weighted by atomic mass is 16.5. The Hall–Kier alpha value is -1.95. The molecule has 2 fully saturated rings. The van der Waals surface area contributed by atoms with Gasteiger partial charge in [-0.05, 0) is 38.5 Å². The van der Waals surface area contributed by atoms with E-state index in [0.29, 0.717) is 12.2 Å². The minimum Gasteiger partial charge on any atom is -0.376 e. The number of ether oxygens (including phenoxy) is 1. The number of amides is 1. The van der Waals surface area contributed by atoms with Gasteiger partial charge in [-0.15, -0.1) is 18.3 Å². The molecular formula is C18H26N4O2. The van der Waals surface area contributed by atoms with Gasteiger partial charge in [0.05, 0.1) is 24.4 Å². The third-order valence-corrected chi connectivity index (χ3v) is 5.06. The molecule has 0 aliphatic carbocycles. The Kier molecular flexibility index (Phi) is 5.14. The maximum absolute atomic E-state index is 13.0. The predicted molar refractivity (Wildman–Crippen MR) is 91.6 cm³/mol. The molecule has 1 aromatic heterocycles. The lowest BCUT2D eigenvalue weighted by Gasteiger charge is -2.37. The fraction of sp³-hybridized carbons (Fsp3) is 0.611. The van der Waals surface area contributed by atoms with Crippen molar-refractivity contribution in [2.75, 3.05) is 13.2 Å². The SMILES string of the molecule is C=CCC1(CC=C)CCCN1C(=O)c1cn(CC2CCCO2)nn1. The molecule has 130 valence electrons. The first kappa shape index (κ1) is 16.9. The van der Waals surface area contributed by atoms with Crippen LogP contribution in [0.5, 0.6) is 0 Å². The van der Waals surface area contributed by atoms with Crippen LogP contribution in [0.4, 0.5) is 0 Å². The van der Waals surface area contributed by atoms with Crippen molar-refractivity contribution in [2.24, 2.45) is 0 Å². The normalized spacial score (nSPS) is 22.7. The van der Waals surface area contributed by atoms with E-state index in [1.807, 2.05) is 17.1 Å². The van der Waals surface area contributed by atoms with Gasteiger partial charge >= 0.3 is 0 Å². The number of rotatable bonds is 7. The highest BCUT2D eigenvalue weighted by Gasteiger charge is 2.42. The maximum Gasteiger partial charge on any atom is 0.276 e. The average molecular weight is 330 g/mol. The lowest BCUT2D eigenvalue weighted by molar-refractivity contribution is 0.0595. The molecule has 0 bridgehead atoms. The second kappa shape index (κ2) is 7.30. The topological polar surface area (TPSA) is 60.2 Å². The molecule has 0 saturated carbocycles. The zero-order valence-corrected chi connectivity index (χ0v) is 14.2. The summed E-state index contributed by atoms with van der Waals surface area (Å²) >= 11 is 0. The molecule has 24 heavy (non-hydrogen) atoms. The average Bonchev–Trinajstić information content (AvgIpc) is 3.29. The molecular weight excluding hydrogens is 304 g/mol. The van der Waals surface area contributed by atoms with Crippen molar-refractivity contribution in [3.05, 3.63) is 37.2 Å². The quantitative estimate of drug-likeness (QED) is 0.721. The molecule has 1 amide bonds. The third kappa shape index (κ3) is 3.29. The van der Waals surface area contributed by atoms with Gasteiger partial charge in [-0.1, -0.05) is 17.4 Å². The van der Waals surface area contributed by atoms with Gasteiger partial charge in [0.15, 0.2) is 5.69 Å². The van der Waals surface area contributed by atoms with E-state index >= 15 is 0 Å². The number of hydrogen-bond donors (Lipinski definition) is 0. The summed E-state index contributed by atoms with van der Waals surface area (Å²) in [5.41, 5.74) is 0.200. The molecule has 2 saturated heterocycles. The van der Waals surface area contributed by atoms with Crippen LogP contribution in [0.15, 0.2) is 31.5 Å². The van der Waals surface area contributed by atoms with Gasteiger partial charge < -0.3 is 9.64 Å². The minimum absolute atomic E-state index is 0.0465. The zero-order valence-electron chi connectivity index (χ0n) is 14.2. The number of carbonyl (C=O) groups is 1. The first-order chi connectivity index (χ1) is 11.7. The molecule has 3 rings (SSSR count). The molecule has 2 aliphatic heterocycles. The molecule has 0 spiro atoms. The summed E-state index contributed by atoms with van der Waals surface area (Å²) in [4.78, 5) is 14.9. The van der Waals surface area contributed by atoms with Crippen LogP contribution in [0.25, 0.3) is 0 Å². The van der Waals surface area contributed by atoms with Gasteiger partial charge in [0.1, 0.15) is 0 Å². The fourth-order valence-corrected chi connectivity index (χ4v) is 3.92. The van der Waals surface area contributed by atoms with E-state index < -0.39 is 0 Å². The summed E-state index contributed by atoms with van der Waals surface area (Å²) in [5.74, 6) is -0.0465. The van der Waals surface area contributed by atoms with Crippen molar-refractivity contribution in [1.29, 1.82) is 0 Å². The highest BCUT2D eigenvalue weighted by Crippen LogP contribution is 2.37. The largest absolute Gasteiger partial charge is 0.376 e. The van der Waals surface area contributed by atoms with Crippen molar-refractivity contribution >= 4 is 5.91 Å². The Morgan fingerprint density at radius 2 is 2.17 bits per heavy atom. The van der Waals surface area contributed by atoms with E-state index in [1.54, 1.807) is 10.9 Å². The Morgan fingerprint density at radius 3 is 2.83 bits per heavy atom. The van der Waals surface area contributed by atoms with Gasteiger partial charge in [0, 0.05) is 13.2 Å². The van der Waals surface area contributed by atoms with Crippen molar-refractivity contribution in [2.45, 2.75) is 56.7 Å². The van der Waals surface area contributed by atoms with Gasteiger partial charge in [-0.3, -0.25) is 4.79 Å². The molecule has 0 N–H and O–H groups in total. The molecule has 6 heteroatoms. The van der Waals surface area contributed by atoms with Gasteiger partial charge in [0.2, 0.25) is 0 Å². The Morgan fingerprint density at radius 1 is 1.38 bits per heavy atom.